The number of amides is 1. The largest absolute Gasteiger partial charge is 0.340 e. The van der Waals surface area contributed by atoms with Crippen LogP contribution in [0.2, 0.25) is 0 Å². The SMILES string of the molecule is Cc1csc(C2(NC(=O)c3ccc(F)cc3[N+](=O)[O-])CCCC2)n1. The zero-order valence-corrected chi connectivity index (χ0v) is 13.9. The van der Waals surface area contributed by atoms with E-state index in [0.29, 0.717) is 0 Å². The molecule has 0 unspecified atom stereocenters. The summed E-state index contributed by atoms with van der Waals surface area (Å²) in [5.41, 5.74) is -0.390. The minimum absolute atomic E-state index is 0.138. The number of aryl methyl sites for hydroxylation is 1. The summed E-state index contributed by atoms with van der Waals surface area (Å²) < 4.78 is 13.3. The maximum atomic E-state index is 13.3. The molecule has 1 aliphatic rings. The van der Waals surface area contributed by atoms with E-state index in [9.17, 15) is 19.3 Å². The molecule has 1 aliphatic carbocycles. The molecule has 0 atom stereocenters. The van der Waals surface area contributed by atoms with E-state index in [1.807, 2.05) is 12.3 Å². The molecular weight excluding hydrogens is 333 g/mol. The highest BCUT2D eigenvalue weighted by atomic mass is 32.1. The first-order valence-corrected chi connectivity index (χ1v) is 8.48. The second-order valence-corrected chi connectivity index (χ2v) is 6.81. The fourth-order valence-corrected chi connectivity index (χ4v) is 4.09. The summed E-state index contributed by atoms with van der Waals surface area (Å²) in [5, 5.41) is 16.8. The maximum Gasteiger partial charge on any atom is 0.285 e. The number of nitro groups is 1. The molecule has 8 heteroatoms. The van der Waals surface area contributed by atoms with Crippen molar-refractivity contribution in [1.29, 1.82) is 0 Å². The lowest BCUT2D eigenvalue weighted by Gasteiger charge is -2.28. The number of hydrogen-bond donors (Lipinski definition) is 1. The highest BCUT2D eigenvalue weighted by Gasteiger charge is 2.40. The van der Waals surface area contributed by atoms with Crippen LogP contribution < -0.4 is 5.32 Å². The molecule has 1 heterocycles. The first-order chi connectivity index (χ1) is 11.4. The Morgan fingerprint density at radius 1 is 1.42 bits per heavy atom. The molecule has 126 valence electrons. The molecule has 0 radical (unpaired) electrons. The van der Waals surface area contributed by atoms with Crippen molar-refractivity contribution in [2.75, 3.05) is 0 Å². The van der Waals surface area contributed by atoms with Gasteiger partial charge in [-0.25, -0.2) is 9.37 Å². The summed E-state index contributed by atoms with van der Waals surface area (Å²) in [6.45, 7) is 1.88. The number of nitro benzene ring substituents is 1. The van der Waals surface area contributed by atoms with Crippen molar-refractivity contribution >= 4 is 22.9 Å². The van der Waals surface area contributed by atoms with E-state index < -0.39 is 27.9 Å². The quantitative estimate of drug-likeness (QED) is 0.674. The highest BCUT2D eigenvalue weighted by molar-refractivity contribution is 7.09. The number of benzene rings is 1. The predicted octanol–water partition coefficient (Wildman–Crippen LogP) is 3.70. The molecule has 0 spiro atoms. The Hall–Kier alpha value is -2.35. The molecule has 1 N–H and O–H groups in total. The number of carbonyl (C=O) groups is 1. The summed E-state index contributed by atoms with van der Waals surface area (Å²) in [5.74, 6) is -1.32. The van der Waals surface area contributed by atoms with Crippen LogP contribution in [0.5, 0.6) is 0 Å². The molecule has 0 bridgehead atoms. The van der Waals surface area contributed by atoms with Gasteiger partial charge in [-0.05, 0) is 31.9 Å². The maximum absolute atomic E-state index is 13.3. The van der Waals surface area contributed by atoms with Crippen LogP contribution in [0, 0.1) is 22.9 Å². The number of nitrogens with one attached hydrogen (secondary N) is 1. The molecule has 0 aliphatic heterocycles. The van der Waals surface area contributed by atoms with Crippen LogP contribution in [-0.2, 0) is 5.54 Å². The van der Waals surface area contributed by atoms with Crippen molar-refractivity contribution in [3.05, 3.63) is 55.8 Å². The van der Waals surface area contributed by atoms with Crippen LogP contribution in [0.3, 0.4) is 0 Å². The number of carbonyl (C=O) groups excluding carboxylic acids is 1. The van der Waals surface area contributed by atoms with Crippen LogP contribution in [0.4, 0.5) is 10.1 Å². The third kappa shape index (κ3) is 3.01. The minimum atomic E-state index is -0.746. The van der Waals surface area contributed by atoms with Crippen molar-refractivity contribution in [2.45, 2.75) is 38.1 Å². The van der Waals surface area contributed by atoms with Crippen molar-refractivity contribution in [2.24, 2.45) is 0 Å². The third-order valence-electron chi connectivity index (χ3n) is 4.24. The van der Waals surface area contributed by atoms with E-state index in [1.165, 1.54) is 11.3 Å². The molecule has 3 rings (SSSR count). The Morgan fingerprint density at radius 3 is 2.71 bits per heavy atom. The van der Waals surface area contributed by atoms with Gasteiger partial charge >= 0.3 is 0 Å². The van der Waals surface area contributed by atoms with E-state index in [1.54, 1.807) is 0 Å². The van der Waals surface area contributed by atoms with Crippen molar-refractivity contribution in [3.63, 3.8) is 0 Å². The number of halogens is 1. The topological polar surface area (TPSA) is 85.1 Å². The lowest BCUT2D eigenvalue weighted by molar-refractivity contribution is -0.385. The molecule has 24 heavy (non-hydrogen) atoms. The average Bonchev–Trinajstić information content (AvgIpc) is 3.17. The van der Waals surface area contributed by atoms with Gasteiger partial charge in [-0.1, -0.05) is 12.8 Å². The number of rotatable bonds is 4. The summed E-state index contributed by atoms with van der Waals surface area (Å²) in [4.78, 5) is 27.5. The van der Waals surface area contributed by atoms with Crippen LogP contribution >= 0.6 is 11.3 Å². The highest BCUT2D eigenvalue weighted by Crippen LogP contribution is 2.40. The normalized spacial score (nSPS) is 16.1. The molecule has 1 fully saturated rings. The number of nitrogens with zero attached hydrogens (tertiary/aromatic N) is 2. The fraction of sp³-hybridized carbons (Fsp3) is 0.375. The van der Waals surface area contributed by atoms with E-state index >= 15 is 0 Å². The summed E-state index contributed by atoms with van der Waals surface area (Å²) in [6.07, 6.45) is 3.37. The van der Waals surface area contributed by atoms with Crippen molar-refractivity contribution < 1.29 is 14.1 Å². The molecule has 1 aromatic carbocycles. The number of aromatic nitrogens is 1. The van der Waals surface area contributed by atoms with Gasteiger partial charge in [-0.2, -0.15) is 0 Å². The Morgan fingerprint density at radius 2 is 2.12 bits per heavy atom. The lowest BCUT2D eigenvalue weighted by atomic mass is 9.97. The van der Waals surface area contributed by atoms with Gasteiger partial charge in [0.05, 0.1) is 16.5 Å². The van der Waals surface area contributed by atoms with Gasteiger partial charge in [0.25, 0.3) is 11.6 Å². The van der Waals surface area contributed by atoms with Gasteiger partial charge < -0.3 is 5.32 Å². The van der Waals surface area contributed by atoms with Crippen LogP contribution in [-0.4, -0.2) is 15.8 Å². The Balaban J connectivity index is 1.94. The van der Waals surface area contributed by atoms with Gasteiger partial charge in [0.2, 0.25) is 0 Å². The fourth-order valence-electron chi connectivity index (χ4n) is 3.08. The third-order valence-corrected chi connectivity index (χ3v) is 5.40. The van der Waals surface area contributed by atoms with Gasteiger partial charge in [-0.15, -0.1) is 11.3 Å². The molecule has 1 saturated carbocycles. The summed E-state index contributed by atoms with van der Waals surface area (Å²) in [7, 11) is 0. The standard InChI is InChI=1S/C16H16FN3O3S/c1-10-9-24-15(18-10)16(6-2-3-7-16)19-14(21)12-5-4-11(17)8-13(12)20(22)23/h4-5,8-9H,2-3,6-7H2,1H3,(H,19,21). The average molecular weight is 349 g/mol. The van der Waals surface area contributed by atoms with Gasteiger partial charge in [-0.3, -0.25) is 14.9 Å². The zero-order chi connectivity index (χ0) is 17.3. The molecular formula is C16H16FN3O3S. The molecule has 1 aromatic heterocycles. The van der Waals surface area contributed by atoms with E-state index in [2.05, 4.69) is 10.3 Å². The van der Waals surface area contributed by atoms with E-state index in [-0.39, 0.29) is 5.56 Å². The van der Waals surface area contributed by atoms with Crippen molar-refractivity contribution in [3.8, 4) is 0 Å². The van der Waals surface area contributed by atoms with Crippen LogP contribution in [0.25, 0.3) is 0 Å². The van der Waals surface area contributed by atoms with Gasteiger partial charge in [0, 0.05) is 11.1 Å². The predicted molar refractivity (Wildman–Crippen MR) is 87.5 cm³/mol. The van der Waals surface area contributed by atoms with E-state index in [4.69, 9.17) is 0 Å². The molecule has 2 aromatic rings. The monoisotopic (exact) mass is 349 g/mol. The molecule has 1 amide bonds. The number of thiazole rings is 1. The zero-order valence-electron chi connectivity index (χ0n) is 13.0. The lowest BCUT2D eigenvalue weighted by Crippen LogP contribution is -2.44. The first-order valence-electron chi connectivity index (χ1n) is 7.60. The van der Waals surface area contributed by atoms with Gasteiger partial charge in [0.15, 0.2) is 0 Å². The second kappa shape index (κ2) is 6.27. The number of hydrogen-bond acceptors (Lipinski definition) is 5. The summed E-state index contributed by atoms with van der Waals surface area (Å²) in [6, 6.07) is 2.97. The van der Waals surface area contributed by atoms with Crippen LogP contribution in [0.15, 0.2) is 23.6 Å². The minimum Gasteiger partial charge on any atom is -0.340 e. The van der Waals surface area contributed by atoms with Gasteiger partial charge in [0.1, 0.15) is 16.4 Å². The molecule has 6 nitrogen and oxygen atoms in total. The Kier molecular flexibility index (Phi) is 4.31. The smallest absolute Gasteiger partial charge is 0.285 e. The van der Waals surface area contributed by atoms with E-state index in [0.717, 1.165) is 54.6 Å². The Bertz CT molecular complexity index is 800. The Labute approximate surface area is 141 Å². The summed E-state index contributed by atoms with van der Waals surface area (Å²) >= 11 is 1.48. The first kappa shape index (κ1) is 16.5. The molecule has 0 saturated heterocycles. The second-order valence-electron chi connectivity index (χ2n) is 5.96. The van der Waals surface area contributed by atoms with Crippen LogP contribution in [0.1, 0.15) is 46.7 Å². The van der Waals surface area contributed by atoms with Crippen molar-refractivity contribution in [1.82, 2.24) is 10.3 Å².